The lowest BCUT2D eigenvalue weighted by atomic mass is 10.2. The molecule has 0 bridgehead atoms. The number of anilines is 1. The summed E-state index contributed by atoms with van der Waals surface area (Å²) in [5.74, 6) is 2.86. The smallest absolute Gasteiger partial charge is 0.270 e. The van der Waals surface area contributed by atoms with Gasteiger partial charge in [0.2, 0.25) is 0 Å². The predicted molar refractivity (Wildman–Crippen MR) is 166 cm³/mol. The van der Waals surface area contributed by atoms with E-state index in [-0.39, 0.29) is 5.91 Å². The fourth-order valence-corrected chi connectivity index (χ4v) is 5.79. The zero-order valence-corrected chi connectivity index (χ0v) is 24.4. The lowest BCUT2D eigenvalue weighted by Gasteiger charge is -2.32. The standard InChI is InChI=1S/C31H33N3O4S2/c1-32-17-19-33(20-18-32)16-3-21-37-26-10-6-24(7-11-26)34-30(35)29(40-31(34)39)22-23-4-8-27(9-5-23)38-28-14-12-25(36-2)13-15-28/h4-15,22H,3,16-21H2,1-2H3/b29-22-. The Kier molecular flexibility index (Phi) is 9.38. The second kappa shape index (κ2) is 13.3. The van der Waals surface area contributed by atoms with Gasteiger partial charge in [0, 0.05) is 32.7 Å². The molecule has 0 N–H and O–H groups in total. The normalized spacial score (nSPS) is 17.4. The van der Waals surface area contributed by atoms with E-state index in [1.807, 2.05) is 78.9 Å². The van der Waals surface area contributed by atoms with E-state index in [1.54, 1.807) is 12.0 Å². The number of piperazine rings is 1. The van der Waals surface area contributed by atoms with Crippen molar-refractivity contribution < 1.29 is 19.0 Å². The lowest BCUT2D eigenvalue weighted by molar-refractivity contribution is -0.113. The van der Waals surface area contributed by atoms with Crippen LogP contribution in [0.25, 0.3) is 6.08 Å². The average Bonchev–Trinajstić information content (AvgIpc) is 3.26. The van der Waals surface area contributed by atoms with E-state index in [9.17, 15) is 4.79 Å². The topological polar surface area (TPSA) is 54.5 Å². The minimum Gasteiger partial charge on any atom is -0.497 e. The highest BCUT2D eigenvalue weighted by Crippen LogP contribution is 2.37. The molecule has 2 saturated heterocycles. The van der Waals surface area contributed by atoms with Gasteiger partial charge in [-0.05, 0) is 85.8 Å². The summed E-state index contributed by atoms with van der Waals surface area (Å²) >= 11 is 6.85. The van der Waals surface area contributed by atoms with Gasteiger partial charge in [0.1, 0.15) is 23.0 Å². The summed E-state index contributed by atoms with van der Waals surface area (Å²) in [6.45, 7) is 6.20. The van der Waals surface area contributed by atoms with Gasteiger partial charge < -0.3 is 24.0 Å². The molecule has 1 amide bonds. The third-order valence-corrected chi connectivity index (χ3v) is 8.15. The first kappa shape index (κ1) is 28.2. The number of rotatable bonds is 10. The molecule has 3 aromatic rings. The van der Waals surface area contributed by atoms with Gasteiger partial charge in [-0.2, -0.15) is 0 Å². The Morgan fingerprint density at radius 2 is 1.45 bits per heavy atom. The van der Waals surface area contributed by atoms with Crippen molar-refractivity contribution in [2.75, 3.05) is 58.4 Å². The highest BCUT2D eigenvalue weighted by molar-refractivity contribution is 8.27. The van der Waals surface area contributed by atoms with Gasteiger partial charge in [-0.15, -0.1) is 0 Å². The predicted octanol–water partition coefficient (Wildman–Crippen LogP) is 5.91. The van der Waals surface area contributed by atoms with E-state index in [2.05, 4.69) is 16.8 Å². The third kappa shape index (κ3) is 7.22. The van der Waals surface area contributed by atoms with Gasteiger partial charge >= 0.3 is 0 Å². The molecular formula is C31H33N3O4S2. The van der Waals surface area contributed by atoms with E-state index < -0.39 is 0 Å². The maximum Gasteiger partial charge on any atom is 0.270 e. The van der Waals surface area contributed by atoms with Crippen molar-refractivity contribution in [3.8, 4) is 23.0 Å². The van der Waals surface area contributed by atoms with Gasteiger partial charge in [-0.1, -0.05) is 36.1 Å². The molecule has 0 atom stereocenters. The van der Waals surface area contributed by atoms with Crippen molar-refractivity contribution in [3.05, 3.63) is 83.3 Å². The van der Waals surface area contributed by atoms with Crippen molar-refractivity contribution in [2.24, 2.45) is 0 Å². The van der Waals surface area contributed by atoms with Crippen LogP contribution in [-0.2, 0) is 4.79 Å². The van der Waals surface area contributed by atoms with Crippen LogP contribution in [0.5, 0.6) is 23.0 Å². The van der Waals surface area contributed by atoms with E-state index in [1.165, 1.54) is 11.8 Å². The molecule has 7 nitrogen and oxygen atoms in total. The molecule has 0 unspecified atom stereocenters. The van der Waals surface area contributed by atoms with Crippen LogP contribution < -0.4 is 19.1 Å². The first-order valence-electron chi connectivity index (χ1n) is 13.3. The van der Waals surface area contributed by atoms with Crippen LogP contribution in [-0.4, -0.2) is 73.5 Å². The van der Waals surface area contributed by atoms with E-state index in [4.69, 9.17) is 26.4 Å². The molecule has 0 spiro atoms. The van der Waals surface area contributed by atoms with Gasteiger partial charge in [0.05, 0.1) is 24.3 Å². The molecule has 5 rings (SSSR count). The summed E-state index contributed by atoms with van der Waals surface area (Å²) < 4.78 is 17.5. The highest BCUT2D eigenvalue weighted by Gasteiger charge is 2.33. The largest absolute Gasteiger partial charge is 0.497 e. The number of thiocarbonyl (C=S) groups is 1. The van der Waals surface area contributed by atoms with E-state index >= 15 is 0 Å². The second-order valence-electron chi connectivity index (χ2n) is 9.70. The molecule has 208 valence electrons. The molecule has 3 aromatic carbocycles. The molecule has 0 aliphatic carbocycles. The Balaban J connectivity index is 1.14. The molecule has 0 radical (unpaired) electrons. The monoisotopic (exact) mass is 575 g/mol. The number of carbonyl (C=O) groups is 1. The molecule has 40 heavy (non-hydrogen) atoms. The first-order valence-corrected chi connectivity index (χ1v) is 14.5. The Morgan fingerprint density at radius 1 is 0.850 bits per heavy atom. The van der Waals surface area contributed by atoms with Crippen LogP contribution >= 0.6 is 24.0 Å². The van der Waals surface area contributed by atoms with Crippen molar-refractivity contribution in [3.63, 3.8) is 0 Å². The summed E-state index contributed by atoms with van der Waals surface area (Å²) in [7, 11) is 3.80. The zero-order valence-electron chi connectivity index (χ0n) is 22.7. The number of methoxy groups -OCH3 is 1. The Hall–Kier alpha value is -3.37. The lowest BCUT2D eigenvalue weighted by Crippen LogP contribution is -2.44. The number of amides is 1. The highest BCUT2D eigenvalue weighted by atomic mass is 32.2. The van der Waals surface area contributed by atoms with Gasteiger partial charge in [-0.3, -0.25) is 9.69 Å². The molecule has 9 heteroatoms. The second-order valence-corrected chi connectivity index (χ2v) is 11.4. The maximum atomic E-state index is 13.2. The maximum absolute atomic E-state index is 13.2. The summed E-state index contributed by atoms with van der Waals surface area (Å²) in [5.41, 5.74) is 1.63. The molecule has 2 aliphatic rings. The van der Waals surface area contributed by atoms with E-state index in [0.29, 0.717) is 21.6 Å². The van der Waals surface area contributed by atoms with Gasteiger partial charge in [0.25, 0.3) is 5.91 Å². The minimum atomic E-state index is -0.130. The van der Waals surface area contributed by atoms with Crippen molar-refractivity contribution >= 4 is 46.0 Å². The molecule has 2 fully saturated rings. The number of benzene rings is 3. The van der Waals surface area contributed by atoms with Crippen LogP contribution in [0.3, 0.4) is 0 Å². The van der Waals surface area contributed by atoms with Crippen molar-refractivity contribution in [2.45, 2.75) is 6.42 Å². The summed E-state index contributed by atoms with van der Waals surface area (Å²) in [6.07, 6.45) is 2.84. The Morgan fingerprint density at radius 3 is 2.10 bits per heavy atom. The number of ether oxygens (including phenoxy) is 3. The quantitative estimate of drug-likeness (QED) is 0.168. The number of hydrogen-bond donors (Lipinski definition) is 0. The van der Waals surface area contributed by atoms with Crippen molar-refractivity contribution in [1.82, 2.24) is 9.80 Å². The zero-order chi connectivity index (χ0) is 27.9. The Labute approximate surface area is 245 Å². The number of thioether (sulfide) groups is 1. The molecule has 0 aromatic heterocycles. The van der Waals surface area contributed by atoms with Crippen molar-refractivity contribution in [1.29, 1.82) is 0 Å². The van der Waals surface area contributed by atoms with Crippen LogP contribution in [0, 0.1) is 0 Å². The fraction of sp³-hybridized carbons (Fsp3) is 0.290. The van der Waals surface area contributed by atoms with E-state index in [0.717, 1.165) is 67.6 Å². The van der Waals surface area contributed by atoms with Gasteiger partial charge in [0.15, 0.2) is 4.32 Å². The molecular weight excluding hydrogens is 542 g/mol. The number of carbonyl (C=O) groups excluding carboxylic acids is 1. The molecule has 0 saturated carbocycles. The first-order chi connectivity index (χ1) is 19.5. The summed E-state index contributed by atoms with van der Waals surface area (Å²) in [5, 5.41) is 0. The van der Waals surface area contributed by atoms with Crippen LogP contribution in [0.2, 0.25) is 0 Å². The SMILES string of the molecule is COc1ccc(Oc2ccc(/C=C3\SC(=S)N(c4ccc(OCCCN5CCN(C)CC5)cc4)C3=O)cc2)cc1. The fourth-order valence-electron chi connectivity index (χ4n) is 4.49. The Bertz CT molecular complexity index is 1340. The molecule has 2 aliphatic heterocycles. The minimum absolute atomic E-state index is 0.130. The molecule has 2 heterocycles. The van der Waals surface area contributed by atoms with Crippen LogP contribution in [0.15, 0.2) is 77.7 Å². The number of hydrogen-bond acceptors (Lipinski definition) is 8. The van der Waals surface area contributed by atoms with Crippen LogP contribution in [0.1, 0.15) is 12.0 Å². The third-order valence-electron chi connectivity index (χ3n) is 6.84. The number of nitrogens with zero attached hydrogens (tertiary/aromatic N) is 3. The average molecular weight is 576 g/mol. The summed E-state index contributed by atoms with van der Waals surface area (Å²) in [4.78, 5) is 20.2. The van der Waals surface area contributed by atoms with Gasteiger partial charge in [-0.25, -0.2) is 0 Å². The summed E-state index contributed by atoms with van der Waals surface area (Å²) in [6, 6.07) is 22.6. The number of likely N-dealkylation sites (N-methyl/N-ethyl adjacent to an activating group) is 1. The van der Waals surface area contributed by atoms with Crippen LogP contribution in [0.4, 0.5) is 5.69 Å².